The number of halogens is 1. The summed E-state index contributed by atoms with van der Waals surface area (Å²) in [4.78, 5) is 12.6. The molecule has 2 aromatic rings. The van der Waals surface area contributed by atoms with Gasteiger partial charge in [0.05, 0.1) is 10.3 Å². The zero-order valence-corrected chi connectivity index (χ0v) is 13.2. The average Bonchev–Trinajstić information content (AvgIpc) is 3.30. The largest absolute Gasteiger partial charge is 0.273 e. The SMILES string of the molecule is O=C(NS(=O)(=O)c1ccccc1)C1(c2ccccc2Cl)CC1. The highest BCUT2D eigenvalue weighted by molar-refractivity contribution is 7.90. The van der Waals surface area contributed by atoms with Crippen LogP contribution in [0.2, 0.25) is 5.02 Å². The number of carbonyl (C=O) groups excluding carboxylic acids is 1. The van der Waals surface area contributed by atoms with E-state index in [2.05, 4.69) is 4.72 Å². The minimum atomic E-state index is -3.87. The summed E-state index contributed by atoms with van der Waals surface area (Å²) >= 11 is 6.15. The van der Waals surface area contributed by atoms with Gasteiger partial charge in [-0.1, -0.05) is 48.0 Å². The predicted octanol–water partition coefficient (Wildman–Crippen LogP) is 2.88. The van der Waals surface area contributed by atoms with Crippen molar-refractivity contribution >= 4 is 27.5 Å². The van der Waals surface area contributed by atoms with Crippen LogP contribution >= 0.6 is 11.6 Å². The lowest BCUT2D eigenvalue weighted by atomic mass is 9.95. The molecule has 22 heavy (non-hydrogen) atoms. The lowest BCUT2D eigenvalue weighted by molar-refractivity contribution is -0.121. The molecule has 0 radical (unpaired) electrons. The monoisotopic (exact) mass is 335 g/mol. The number of hydrogen-bond acceptors (Lipinski definition) is 3. The number of benzene rings is 2. The molecular formula is C16H14ClNO3S. The molecule has 4 nitrogen and oxygen atoms in total. The van der Waals surface area contributed by atoms with Crippen LogP contribution in [0.15, 0.2) is 59.5 Å². The Labute approximate surface area is 134 Å². The van der Waals surface area contributed by atoms with Gasteiger partial charge < -0.3 is 0 Å². The maximum atomic E-state index is 12.5. The first kappa shape index (κ1) is 15.1. The standard InChI is InChI=1S/C16H14ClNO3S/c17-14-9-5-4-8-13(14)16(10-11-16)15(19)18-22(20,21)12-6-2-1-3-7-12/h1-9H,10-11H2,(H,18,19). The Bertz CT molecular complexity index is 814. The van der Waals surface area contributed by atoms with Gasteiger partial charge in [-0.05, 0) is 36.6 Å². The van der Waals surface area contributed by atoms with Gasteiger partial charge in [-0.15, -0.1) is 0 Å². The number of rotatable bonds is 4. The molecular weight excluding hydrogens is 322 g/mol. The van der Waals surface area contributed by atoms with Crippen molar-refractivity contribution in [3.05, 3.63) is 65.2 Å². The highest BCUT2D eigenvalue weighted by Gasteiger charge is 2.53. The third-order valence-electron chi connectivity index (χ3n) is 3.85. The molecule has 0 aliphatic heterocycles. The van der Waals surface area contributed by atoms with Crippen molar-refractivity contribution in [3.63, 3.8) is 0 Å². The van der Waals surface area contributed by atoms with Crippen molar-refractivity contribution < 1.29 is 13.2 Å². The highest BCUT2D eigenvalue weighted by Crippen LogP contribution is 2.50. The molecule has 1 fully saturated rings. The fourth-order valence-electron chi connectivity index (χ4n) is 2.47. The van der Waals surface area contributed by atoms with E-state index in [0.717, 1.165) is 0 Å². The van der Waals surface area contributed by atoms with E-state index < -0.39 is 21.3 Å². The Morgan fingerprint density at radius 3 is 2.18 bits per heavy atom. The molecule has 3 rings (SSSR count). The van der Waals surface area contributed by atoms with Gasteiger partial charge in [0.15, 0.2) is 0 Å². The number of carbonyl (C=O) groups is 1. The Morgan fingerprint density at radius 2 is 1.59 bits per heavy atom. The third-order valence-corrected chi connectivity index (χ3v) is 5.53. The van der Waals surface area contributed by atoms with E-state index in [1.54, 1.807) is 42.5 Å². The predicted molar refractivity (Wildman–Crippen MR) is 84.1 cm³/mol. The van der Waals surface area contributed by atoms with E-state index >= 15 is 0 Å². The van der Waals surface area contributed by atoms with Crippen molar-refractivity contribution in [2.75, 3.05) is 0 Å². The van der Waals surface area contributed by atoms with Gasteiger partial charge in [0.2, 0.25) is 5.91 Å². The third kappa shape index (κ3) is 2.62. The van der Waals surface area contributed by atoms with Crippen LogP contribution in [0.1, 0.15) is 18.4 Å². The molecule has 0 heterocycles. The van der Waals surface area contributed by atoms with Crippen LogP contribution in [0.4, 0.5) is 0 Å². The molecule has 114 valence electrons. The van der Waals surface area contributed by atoms with Gasteiger partial charge in [-0.25, -0.2) is 13.1 Å². The second kappa shape index (κ2) is 5.41. The van der Waals surface area contributed by atoms with Gasteiger partial charge >= 0.3 is 0 Å². The topological polar surface area (TPSA) is 63.2 Å². The number of amides is 1. The molecule has 0 saturated heterocycles. The van der Waals surface area contributed by atoms with Crippen molar-refractivity contribution in [1.29, 1.82) is 0 Å². The molecule has 1 saturated carbocycles. The van der Waals surface area contributed by atoms with E-state index in [1.165, 1.54) is 12.1 Å². The van der Waals surface area contributed by atoms with Gasteiger partial charge in [0.1, 0.15) is 0 Å². The zero-order valence-electron chi connectivity index (χ0n) is 11.6. The van der Waals surface area contributed by atoms with Crippen molar-refractivity contribution in [3.8, 4) is 0 Å². The van der Waals surface area contributed by atoms with Gasteiger partial charge in [-0.3, -0.25) is 4.79 Å². The lowest BCUT2D eigenvalue weighted by Gasteiger charge is -2.17. The van der Waals surface area contributed by atoms with Crippen molar-refractivity contribution in [2.45, 2.75) is 23.2 Å². The quantitative estimate of drug-likeness (QED) is 0.934. The van der Waals surface area contributed by atoms with E-state index in [-0.39, 0.29) is 4.90 Å². The van der Waals surface area contributed by atoms with Crippen LogP contribution in [0.25, 0.3) is 0 Å². The van der Waals surface area contributed by atoms with Gasteiger partial charge in [0, 0.05) is 5.02 Å². The average molecular weight is 336 g/mol. The normalized spacial score (nSPS) is 16.0. The van der Waals surface area contributed by atoms with Crippen LogP contribution in [-0.4, -0.2) is 14.3 Å². The number of nitrogens with one attached hydrogen (secondary N) is 1. The summed E-state index contributed by atoms with van der Waals surface area (Å²) in [6.07, 6.45) is 1.18. The summed E-state index contributed by atoms with van der Waals surface area (Å²) in [5.74, 6) is -0.524. The van der Waals surface area contributed by atoms with Crippen molar-refractivity contribution in [1.82, 2.24) is 4.72 Å². The maximum absolute atomic E-state index is 12.5. The van der Waals surface area contributed by atoms with Crippen LogP contribution in [-0.2, 0) is 20.2 Å². The molecule has 1 aliphatic carbocycles. The molecule has 0 unspecified atom stereocenters. The second-order valence-electron chi connectivity index (χ2n) is 5.31. The maximum Gasteiger partial charge on any atom is 0.264 e. The van der Waals surface area contributed by atoms with Crippen LogP contribution in [0, 0.1) is 0 Å². The number of hydrogen-bond donors (Lipinski definition) is 1. The Hall–Kier alpha value is -1.85. The fraction of sp³-hybridized carbons (Fsp3) is 0.188. The summed E-state index contributed by atoms with van der Waals surface area (Å²) in [5.41, 5.74) is -0.155. The first-order valence-electron chi connectivity index (χ1n) is 6.83. The van der Waals surface area contributed by atoms with Gasteiger partial charge in [0.25, 0.3) is 10.0 Å². The summed E-state index contributed by atoms with van der Waals surface area (Å²) in [6, 6.07) is 14.9. The molecule has 0 aromatic heterocycles. The molecule has 0 bridgehead atoms. The lowest BCUT2D eigenvalue weighted by Crippen LogP contribution is -2.38. The first-order valence-corrected chi connectivity index (χ1v) is 8.69. The minimum Gasteiger partial charge on any atom is -0.273 e. The van der Waals surface area contributed by atoms with E-state index in [9.17, 15) is 13.2 Å². The summed E-state index contributed by atoms with van der Waals surface area (Å²) in [6.45, 7) is 0. The fourth-order valence-corrected chi connectivity index (χ4v) is 3.86. The van der Waals surface area contributed by atoms with Crippen molar-refractivity contribution in [2.24, 2.45) is 0 Å². The van der Waals surface area contributed by atoms with E-state index in [0.29, 0.717) is 23.4 Å². The number of sulfonamides is 1. The van der Waals surface area contributed by atoms with Crippen LogP contribution in [0.3, 0.4) is 0 Å². The Morgan fingerprint density at radius 1 is 1.00 bits per heavy atom. The Balaban J connectivity index is 1.88. The van der Waals surface area contributed by atoms with Crippen LogP contribution in [0.5, 0.6) is 0 Å². The molecule has 1 aliphatic rings. The first-order chi connectivity index (χ1) is 10.5. The second-order valence-corrected chi connectivity index (χ2v) is 7.40. The van der Waals surface area contributed by atoms with Crippen LogP contribution < -0.4 is 4.72 Å². The summed E-state index contributed by atoms with van der Waals surface area (Å²) < 4.78 is 26.7. The van der Waals surface area contributed by atoms with E-state index in [1.807, 2.05) is 0 Å². The molecule has 2 aromatic carbocycles. The molecule has 6 heteroatoms. The Kier molecular flexibility index (Phi) is 3.70. The minimum absolute atomic E-state index is 0.0679. The smallest absolute Gasteiger partial charge is 0.264 e. The van der Waals surface area contributed by atoms with E-state index in [4.69, 9.17) is 11.6 Å². The highest BCUT2D eigenvalue weighted by atomic mass is 35.5. The summed E-state index contributed by atoms with van der Waals surface area (Å²) in [5, 5.41) is 0.479. The summed E-state index contributed by atoms with van der Waals surface area (Å²) in [7, 11) is -3.87. The molecule has 0 spiro atoms. The molecule has 1 N–H and O–H groups in total. The van der Waals surface area contributed by atoms with Gasteiger partial charge in [-0.2, -0.15) is 0 Å². The molecule has 0 atom stereocenters. The molecule has 1 amide bonds. The zero-order chi connectivity index (χ0) is 15.8.